The van der Waals surface area contributed by atoms with Crippen LogP contribution in [0.5, 0.6) is 11.5 Å². The molecule has 8 nitrogen and oxygen atoms in total. The van der Waals surface area contributed by atoms with Gasteiger partial charge in [-0.1, -0.05) is 81.9 Å². The van der Waals surface area contributed by atoms with E-state index in [1.807, 2.05) is 66.7 Å². The van der Waals surface area contributed by atoms with E-state index in [2.05, 4.69) is 44.6 Å². The molecule has 4 aromatic carbocycles. The van der Waals surface area contributed by atoms with Gasteiger partial charge in [-0.15, -0.1) is 0 Å². The van der Waals surface area contributed by atoms with Crippen LogP contribution in [0.1, 0.15) is 40.8 Å². The highest BCUT2D eigenvalue weighted by atomic mass is 127. The molecular formula is C37H27BrIN3O5S. The van der Waals surface area contributed by atoms with Crippen molar-refractivity contribution in [3.63, 3.8) is 0 Å². The van der Waals surface area contributed by atoms with Crippen molar-refractivity contribution in [3.8, 4) is 17.6 Å². The Balaban J connectivity index is 1.54. The summed E-state index contributed by atoms with van der Waals surface area (Å²) < 4.78 is 20.9. The number of aromatic nitrogens is 1. The minimum atomic E-state index is -0.807. The van der Waals surface area contributed by atoms with Crippen LogP contribution in [0.4, 0.5) is 0 Å². The first-order valence-corrected chi connectivity index (χ1v) is 17.5. The molecule has 240 valence electrons. The number of fused-ring (bicyclic) bond motifs is 1. The fraction of sp³-hybridized carbons (Fsp3) is 0.135. The van der Waals surface area contributed by atoms with E-state index in [0.717, 1.165) is 19.2 Å². The Kier molecular flexibility index (Phi) is 10.2. The molecule has 0 unspecified atom stereocenters. The standard InChI is InChI=1S/C37H27BrIN3O5S/c1-3-46-36(44)31-32(24-7-5-4-6-8-24)41-37-42(33(31)25-13-15-28(45-2)16-14-25)35(43)30(48-37)18-26-17-27(38)19-29(39)34(26)47-21-23-11-9-22(20-40)10-12-23/h4-19,33H,3,21H2,1-2H3/b30-18-/t33-/m0/s1. The number of nitrogens with zero attached hydrogens (tertiary/aromatic N) is 3. The molecule has 0 bridgehead atoms. The molecule has 0 N–H and O–H groups in total. The molecule has 48 heavy (non-hydrogen) atoms. The average molecular weight is 833 g/mol. The van der Waals surface area contributed by atoms with Crippen LogP contribution < -0.4 is 24.4 Å². The predicted molar refractivity (Wildman–Crippen MR) is 196 cm³/mol. The Labute approximate surface area is 302 Å². The Morgan fingerprint density at radius 3 is 2.48 bits per heavy atom. The lowest BCUT2D eigenvalue weighted by Crippen LogP contribution is -2.40. The smallest absolute Gasteiger partial charge is 0.338 e. The second kappa shape index (κ2) is 14.7. The van der Waals surface area contributed by atoms with Crippen molar-refractivity contribution < 1.29 is 19.0 Å². The summed E-state index contributed by atoms with van der Waals surface area (Å²) in [5.74, 6) is 0.710. The number of methoxy groups -OCH3 is 1. The summed E-state index contributed by atoms with van der Waals surface area (Å²) in [4.78, 5) is 33.5. The van der Waals surface area contributed by atoms with Gasteiger partial charge in [0.15, 0.2) is 4.80 Å². The number of esters is 1. The van der Waals surface area contributed by atoms with Gasteiger partial charge in [0.25, 0.3) is 5.56 Å². The van der Waals surface area contributed by atoms with Gasteiger partial charge >= 0.3 is 5.97 Å². The number of hydrogen-bond acceptors (Lipinski definition) is 8. The van der Waals surface area contributed by atoms with Crippen molar-refractivity contribution in [2.24, 2.45) is 4.99 Å². The van der Waals surface area contributed by atoms with Crippen LogP contribution in [-0.4, -0.2) is 24.3 Å². The first-order chi connectivity index (χ1) is 23.3. The van der Waals surface area contributed by atoms with E-state index in [9.17, 15) is 9.59 Å². The molecule has 0 radical (unpaired) electrons. The molecule has 5 aromatic rings. The second-order valence-corrected chi connectivity index (χ2v) is 13.7. The normalized spacial score (nSPS) is 14.1. The molecule has 11 heteroatoms. The molecule has 0 saturated heterocycles. The zero-order valence-electron chi connectivity index (χ0n) is 25.8. The van der Waals surface area contributed by atoms with E-state index in [4.69, 9.17) is 24.5 Å². The fourth-order valence-corrected chi connectivity index (χ4v) is 8.05. The molecule has 6 rings (SSSR count). The van der Waals surface area contributed by atoms with E-state index in [-0.39, 0.29) is 24.3 Å². The molecule has 0 amide bonds. The monoisotopic (exact) mass is 831 g/mol. The quantitative estimate of drug-likeness (QED) is 0.120. The highest BCUT2D eigenvalue weighted by Crippen LogP contribution is 2.36. The summed E-state index contributed by atoms with van der Waals surface area (Å²) in [5, 5.41) is 9.14. The summed E-state index contributed by atoms with van der Waals surface area (Å²) in [6.07, 6.45) is 1.80. The largest absolute Gasteiger partial charge is 0.497 e. The lowest BCUT2D eigenvalue weighted by molar-refractivity contribution is -0.138. The Bertz CT molecular complexity index is 2260. The maximum Gasteiger partial charge on any atom is 0.338 e. The molecular weight excluding hydrogens is 805 g/mol. The van der Waals surface area contributed by atoms with Gasteiger partial charge < -0.3 is 14.2 Å². The molecule has 1 aliphatic heterocycles. The van der Waals surface area contributed by atoms with Crippen LogP contribution in [0.2, 0.25) is 0 Å². The third kappa shape index (κ3) is 6.87. The molecule has 0 saturated carbocycles. The predicted octanol–water partition coefficient (Wildman–Crippen LogP) is 6.76. The van der Waals surface area contributed by atoms with Crippen molar-refractivity contribution in [1.82, 2.24) is 4.57 Å². The number of carbonyl (C=O) groups is 1. The Hall–Kier alpha value is -4.51. The highest BCUT2D eigenvalue weighted by molar-refractivity contribution is 14.1. The van der Waals surface area contributed by atoms with Crippen molar-refractivity contribution in [2.45, 2.75) is 19.6 Å². The summed E-state index contributed by atoms with van der Waals surface area (Å²) >= 11 is 7.05. The SMILES string of the molecule is CCOC(=O)C1=C(c2ccccc2)N=c2s/c(=C\c3cc(Br)cc(I)c3OCc3ccc(C#N)cc3)c(=O)n2[C@H]1c1ccc(OC)cc1. The van der Waals surface area contributed by atoms with Crippen molar-refractivity contribution in [2.75, 3.05) is 13.7 Å². The maximum absolute atomic E-state index is 14.4. The lowest BCUT2D eigenvalue weighted by Gasteiger charge is -2.26. The van der Waals surface area contributed by atoms with Crippen molar-refractivity contribution in [1.29, 1.82) is 5.26 Å². The van der Waals surface area contributed by atoms with E-state index in [0.29, 0.717) is 43.2 Å². The molecule has 1 aromatic heterocycles. The van der Waals surface area contributed by atoms with Crippen LogP contribution in [0.25, 0.3) is 11.8 Å². The molecule has 1 aliphatic rings. The number of carbonyl (C=O) groups excluding carboxylic acids is 1. The number of halogens is 2. The van der Waals surface area contributed by atoms with Crippen LogP contribution in [0, 0.1) is 14.9 Å². The van der Waals surface area contributed by atoms with Crippen LogP contribution in [0.3, 0.4) is 0 Å². The lowest BCUT2D eigenvalue weighted by atomic mass is 9.93. The van der Waals surface area contributed by atoms with Gasteiger partial charge in [0, 0.05) is 15.6 Å². The van der Waals surface area contributed by atoms with E-state index < -0.39 is 12.0 Å². The van der Waals surface area contributed by atoms with Crippen LogP contribution >= 0.6 is 49.9 Å². The third-order valence-corrected chi connectivity index (χ3v) is 9.84. The molecule has 0 spiro atoms. The first-order valence-electron chi connectivity index (χ1n) is 14.8. The zero-order valence-corrected chi connectivity index (χ0v) is 30.3. The van der Waals surface area contributed by atoms with Crippen molar-refractivity contribution >= 4 is 67.6 Å². The number of ether oxygens (including phenoxy) is 3. The van der Waals surface area contributed by atoms with Crippen molar-refractivity contribution in [3.05, 3.63) is 152 Å². The number of thiazole rings is 1. The molecule has 0 fully saturated rings. The number of hydrogen-bond donors (Lipinski definition) is 0. The topological polar surface area (TPSA) is 103 Å². The summed E-state index contributed by atoms with van der Waals surface area (Å²) in [7, 11) is 1.58. The number of rotatable bonds is 9. The van der Waals surface area contributed by atoms with Gasteiger partial charge in [0.1, 0.15) is 18.1 Å². The highest BCUT2D eigenvalue weighted by Gasteiger charge is 2.35. The summed E-state index contributed by atoms with van der Waals surface area (Å²) in [5.41, 5.74) is 4.03. The minimum absolute atomic E-state index is 0.164. The second-order valence-electron chi connectivity index (χ2n) is 10.6. The van der Waals surface area contributed by atoms with Crippen LogP contribution in [-0.2, 0) is 16.1 Å². The molecule has 0 aliphatic carbocycles. The summed E-state index contributed by atoms with van der Waals surface area (Å²) in [6, 6.07) is 29.1. The van der Waals surface area contributed by atoms with Gasteiger partial charge in [0.2, 0.25) is 0 Å². The number of nitriles is 1. The average Bonchev–Trinajstić information content (AvgIpc) is 3.41. The van der Waals surface area contributed by atoms with Gasteiger partial charge in [0.05, 0.1) is 50.8 Å². The van der Waals surface area contributed by atoms with Gasteiger partial charge in [-0.05, 0) is 83.1 Å². The van der Waals surface area contributed by atoms with E-state index in [1.165, 1.54) is 11.3 Å². The Morgan fingerprint density at radius 2 is 1.81 bits per heavy atom. The zero-order chi connectivity index (χ0) is 33.8. The molecule has 2 heterocycles. The molecule has 1 atom stereocenters. The van der Waals surface area contributed by atoms with E-state index >= 15 is 0 Å². The van der Waals surface area contributed by atoms with Gasteiger partial charge in [-0.2, -0.15) is 5.26 Å². The minimum Gasteiger partial charge on any atom is -0.497 e. The number of benzene rings is 4. The Morgan fingerprint density at radius 1 is 1.08 bits per heavy atom. The van der Waals surface area contributed by atoms with E-state index in [1.54, 1.807) is 48.9 Å². The van der Waals surface area contributed by atoms with Crippen LogP contribution in [0.15, 0.2) is 111 Å². The fourth-order valence-electron chi connectivity index (χ4n) is 5.35. The van der Waals surface area contributed by atoms with Gasteiger partial charge in [-0.3, -0.25) is 9.36 Å². The van der Waals surface area contributed by atoms with Gasteiger partial charge in [-0.25, -0.2) is 9.79 Å². The maximum atomic E-state index is 14.4. The first kappa shape index (κ1) is 33.4. The third-order valence-electron chi connectivity index (χ3n) is 7.60. The summed E-state index contributed by atoms with van der Waals surface area (Å²) in [6.45, 7) is 2.18.